The molecule has 2 rings (SSSR count). The number of amides is 1. The summed E-state index contributed by atoms with van der Waals surface area (Å²) in [5, 5.41) is 5.86. The second-order valence-corrected chi connectivity index (χ2v) is 6.44. The van der Waals surface area contributed by atoms with Crippen molar-refractivity contribution in [2.75, 3.05) is 46.4 Å². The number of rotatable bonds is 8. The monoisotopic (exact) mass is 363 g/mol. The highest BCUT2D eigenvalue weighted by molar-refractivity contribution is 5.95. The second kappa shape index (κ2) is 13.4. The van der Waals surface area contributed by atoms with Crippen molar-refractivity contribution in [2.24, 2.45) is 5.92 Å². The number of nitrogens with one attached hydrogen (secondary N) is 2. The van der Waals surface area contributed by atoms with E-state index in [1.54, 1.807) is 24.3 Å². The van der Waals surface area contributed by atoms with Gasteiger partial charge in [0, 0.05) is 31.7 Å². The van der Waals surface area contributed by atoms with E-state index < -0.39 is 6.04 Å². The molecule has 146 valence electrons. The van der Waals surface area contributed by atoms with Crippen LogP contribution in [0.4, 0.5) is 0 Å². The number of morpholine rings is 1. The standard InChI is InChI=1S/C13H17NO2.C7H16N2O/c1-3-10(2)12(9-15)14-13(16)11-7-5-4-6-8-11;1-8-2-3-9-4-6-10-7-5-9/h4-10,12H,3H2,1-2H3,(H,14,16);8H,2-7H2,1H3. The van der Waals surface area contributed by atoms with Crippen molar-refractivity contribution in [3.05, 3.63) is 35.9 Å². The van der Waals surface area contributed by atoms with Crippen LogP contribution in [-0.2, 0) is 9.53 Å². The lowest BCUT2D eigenvalue weighted by molar-refractivity contribution is -0.110. The van der Waals surface area contributed by atoms with Crippen LogP contribution in [0.15, 0.2) is 30.3 Å². The van der Waals surface area contributed by atoms with Crippen molar-refractivity contribution in [2.45, 2.75) is 26.3 Å². The van der Waals surface area contributed by atoms with E-state index in [-0.39, 0.29) is 11.8 Å². The van der Waals surface area contributed by atoms with Gasteiger partial charge in [-0.15, -0.1) is 0 Å². The molecule has 1 fully saturated rings. The number of ether oxygens (including phenoxy) is 1. The highest BCUT2D eigenvalue weighted by Gasteiger charge is 2.17. The molecule has 6 nitrogen and oxygen atoms in total. The fourth-order valence-electron chi connectivity index (χ4n) is 2.48. The minimum atomic E-state index is -0.405. The molecule has 0 aromatic heterocycles. The number of nitrogens with zero attached hydrogens (tertiary/aromatic N) is 1. The number of carbonyl (C=O) groups is 2. The Kier molecular flexibility index (Phi) is 11.5. The molecular formula is C20H33N3O3. The summed E-state index contributed by atoms with van der Waals surface area (Å²) in [6.07, 6.45) is 1.66. The van der Waals surface area contributed by atoms with Gasteiger partial charge in [-0.05, 0) is 25.1 Å². The van der Waals surface area contributed by atoms with Crippen molar-refractivity contribution in [3.63, 3.8) is 0 Å². The van der Waals surface area contributed by atoms with Gasteiger partial charge < -0.3 is 20.2 Å². The van der Waals surface area contributed by atoms with Gasteiger partial charge in [0.2, 0.25) is 0 Å². The minimum absolute atomic E-state index is 0.158. The minimum Gasteiger partial charge on any atom is -0.379 e. The zero-order valence-electron chi connectivity index (χ0n) is 16.2. The largest absolute Gasteiger partial charge is 0.379 e. The lowest BCUT2D eigenvalue weighted by Gasteiger charge is -2.26. The van der Waals surface area contributed by atoms with Gasteiger partial charge in [-0.2, -0.15) is 0 Å². The lowest BCUT2D eigenvalue weighted by Crippen LogP contribution is -2.40. The van der Waals surface area contributed by atoms with Crippen molar-refractivity contribution >= 4 is 12.2 Å². The molecule has 2 atom stereocenters. The Bertz CT molecular complexity index is 504. The first-order valence-corrected chi connectivity index (χ1v) is 9.38. The Morgan fingerprint density at radius 2 is 1.92 bits per heavy atom. The molecule has 1 heterocycles. The number of likely N-dealkylation sites (N-methyl/N-ethyl adjacent to an activating group) is 1. The van der Waals surface area contributed by atoms with E-state index >= 15 is 0 Å². The molecule has 1 aliphatic heterocycles. The Labute approximate surface area is 157 Å². The number of aldehydes is 1. The van der Waals surface area contributed by atoms with Crippen LogP contribution in [0.3, 0.4) is 0 Å². The van der Waals surface area contributed by atoms with Crippen LogP contribution in [0, 0.1) is 5.92 Å². The molecule has 1 amide bonds. The lowest BCUT2D eigenvalue weighted by atomic mass is 10.00. The van der Waals surface area contributed by atoms with Crippen LogP contribution >= 0.6 is 0 Å². The van der Waals surface area contributed by atoms with E-state index in [0.29, 0.717) is 5.56 Å². The zero-order chi connectivity index (χ0) is 19.2. The average Bonchev–Trinajstić information content (AvgIpc) is 2.71. The van der Waals surface area contributed by atoms with Crippen LogP contribution in [-0.4, -0.2) is 69.6 Å². The van der Waals surface area contributed by atoms with Gasteiger partial charge in [-0.3, -0.25) is 9.69 Å². The third-order valence-corrected chi connectivity index (χ3v) is 4.52. The van der Waals surface area contributed by atoms with Gasteiger partial charge in [0.1, 0.15) is 6.29 Å². The fraction of sp³-hybridized carbons (Fsp3) is 0.600. The van der Waals surface area contributed by atoms with Gasteiger partial charge in [0.05, 0.1) is 19.3 Å². The number of benzene rings is 1. The van der Waals surface area contributed by atoms with Crippen molar-refractivity contribution in [1.29, 1.82) is 0 Å². The summed E-state index contributed by atoms with van der Waals surface area (Å²) in [5.74, 6) is -0.0387. The van der Waals surface area contributed by atoms with E-state index in [2.05, 4.69) is 15.5 Å². The molecule has 0 spiro atoms. The van der Waals surface area contributed by atoms with E-state index in [1.165, 1.54) is 0 Å². The van der Waals surface area contributed by atoms with E-state index in [4.69, 9.17) is 4.74 Å². The van der Waals surface area contributed by atoms with Crippen LogP contribution in [0.25, 0.3) is 0 Å². The van der Waals surface area contributed by atoms with Gasteiger partial charge in [0.15, 0.2) is 0 Å². The quantitative estimate of drug-likeness (QED) is 0.686. The maximum Gasteiger partial charge on any atom is 0.251 e. The molecule has 6 heteroatoms. The highest BCUT2D eigenvalue weighted by atomic mass is 16.5. The highest BCUT2D eigenvalue weighted by Crippen LogP contribution is 2.07. The molecule has 26 heavy (non-hydrogen) atoms. The van der Waals surface area contributed by atoms with Crippen molar-refractivity contribution < 1.29 is 14.3 Å². The SMILES string of the molecule is CCC(C)C(C=O)NC(=O)c1ccccc1.CNCCN1CCOCC1. The summed E-state index contributed by atoms with van der Waals surface area (Å²) in [7, 11) is 1.99. The maximum atomic E-state index is 11.8. The predicted molar refractivity (Wildman–Crippen MR) is 104 cm³/mol. The van der Waals surface area contributed by atoms with Crippen LogP contribution in [0.5, 0.6) is 0 Å². The second-order valence-electron chi connectivity index (χ2n) is 6.44. The Morgan fingerprint density at radius 1 is 1.27 bits per heavy atom. The van der Waals surface area contributed by atoms with Crippen molar-refractivity contribution in [3.8, 4) is 0 Å². The molecule has 0 radical (unpaired) electrons. The Balaban J connectivity index is 0.000000289. The molecule has 1 saturated heterocycles. The summed E-state index contributed by atoms with van der Waals surface area (Å²) < 4.78 is 5.22. The van der Waals surface area contributed by atoms with E-state index in [1.807, 2.05) is 27.0 Å². The summed E-state index contributed by atoms with van der Waals surface area (Å²) in [5.41, 5.74) is 0.581. The topological polar surface area (TPSA) is 70.7 Å². The van der Waals surface area contributed by atoms with E-state index in [0.717, 1.165) is 52.1 Å². The fourth-order valence-corrected chi connectivity index (χ4v) is 2.48. The molecule has 1 aliphatic rings. The summed E-state index contributed by atoms with van der Waals surface area (Å²) in [6.45, 7) is 10.2. The average molecular weight is 364 g/mol. The molecular weight excluding hydrogens is 330 g/mol. The number of carbonyl (C=O) groups excluding carboxylic acids is 2. The van der Waals surface area contributed by atoms with Gasteiger partial charge in [-0.1, -0.05) is 38.5 Å². The van der Waals surface area contributed by atoms with Crippen LogP contribution in [0.1, 0.15) is 30.6 Å². The summed E-state index contributed by atoms with van der Waals surface area (Å²) in [4.78, 5) is 25.0. The summed E-state index contributed by atoms with van der Waals surface area (Å²) >= 11 is 0. The zero-order valence-corrected chi connectivity index (χ0v) is 16.2. The molecule has 0 aliphatic carbocycles. The number of hydrogen-bond acceptors (Lipinski definition) is 5. The molecule has 0 bridgehead atoms. The first-order valence-electron chi connectivity index (χ1n) is 9.38. The van der Waals surface area contributed by atoms with E-state index in [9.17, 15) is 9.59 Å². The maximum absolute atomic E-state index is 11.8. The smallest absolute Gasteiger partial charge is 0.251 e. The molecule has 1 aromatic carbocycles. The third-order valence-electron chi connectivity index (χ3n) is 4.52. The molecule has 0 saturated carbocycles. The predicted octanol–water partition coefficient (Wildman–Crippen LogP) is 1.57. The van der Waals surface area contributed by atoms with Gasteiger partial charge in [0.25, 0.3) is 5.91 Å². The van der Waals surface area contributed by atoms with Crippen molar-refractivity contribution in [1.82, 2.24) is 15.5 Å². The van der Waals surface area contributed by atoms with Gasteiger partial charge >= 0.3 is 0 Å². The van der Waals surface area contributed by atoms with Gasteiger partial charge in [-0.25, -0.2) is 0 Å². The van der Waals surface area contributed by atoms with Crippen LogP contribution < -0.4 is 10.6 Å². The number of hydrogen-bond donors (Lipinski definition) is 2. The third kappa shape index (κ3) is 8.56. The molecule has 2 unspecified atom stereocenters. The van der Waals surface area contributed by atoms with Crippen LogP contribution in [0.2, 0.25) is 0 Å². The summed E-state index contributed by atoms with van der Waals surface area (Å²) in [6, 6.07) is 8.50. The first kappa shape index (κ1) is 22.3. The molecule has 1 aromatic rings. The normalized spacial score (nSPS) is 16.7. The first-order chi connectivity index (χ1) is 12.6. The molecule has 2 N–H and O–H groups in total. The Hall–Kier alpha value is -1.76. The Morgan fingerprint density at radius 3 is 2.46 bits per heavy atom.